The maximum Gasteiger partial charge on any atom is 0.270 e. The normalized spacial score (nSPS) is 20.7. The number of hydrogen-bond acceptors (Lipinski definition) is 5. The number of rotatable bonds is 3. The van der Waals surface area contributed by atoms with E-state index in [0.717, 1.165) is 68.6 Å². The van der Waals surface area contributed by atoms with Crippen LogP contribution in [0.2, 0.25) is 0 Å². The van der Waals surface area contributed by atoms with Gasteiger partial charge in [0.1, 0.15) is 17.3 Å². The molecular weight excluding hydrogens is 342 g/mol. The first-order valence-corrected chi connectivity index (χ1v) is 9.73. The lowest BCUT2D eigenvalue weighted by Crippen LogP contribution is -2.40. The van der Waals surface area contributed by atoms with Crippen molar-refractivity contribution in [2.24, 2.45) is 0 Å². The molecule has 144 valence electrons. The molecule has 2 fully saturated rings. The summed E-state index contributed by atoms with van der Waals surface area (Å²) in [6.07, 6.45) is 3.91. The molecule has 7 heteroatoms. The van der Waals surface area contributed by atoms with E-state index in [9.17, 15) is 4.79 Å². The molecule has 7 nitrogen and oxygen atoms in total. The zero-order valence-electron chi connectivity index (χ0n) is 16.1. The Hall–Kier alpha value is -2.41. The fourth-order valence-corrected chi connectivity index (χ4v) is 3.94. The Balaban J connectivity index is 1.52. The molecule has 0 bridgehead atoms. The number of aryl methyl sites for hydroxylation is 2. The van der Waals surface area contributed by atoms with Crippen LogP contribution in [-0.4, -0.2) is 65.2 Å². The van der Waals surface area contributed by atoms with Crippen LogP contribution >= 0.6 is 0 Å². The van der Waals surface area contributed by atoms with E-state index >= 15 is 0 Å². The van der Waals surface area contributed by atoms with Crippen molar-refractivity contribution in [3.05, 3.63) is 41.1 Å². The summed E-state index contributed by atoms with van der Waals surface area (Å²) >= 11 is 0. The number of ether oxygens (including phenoxy) is 1. The molecule has 27 heavy (non-hydrogen) atoms. The van der Waals surface area contributed by atoms with E-state index in [1.807, 2.05) is 31.0 Å². The van der Waals surface area contributed by atoms with Crippen LogP contribution in [0.15, 0.2) is 18.3 Å². The summed E-state index contributed by atoms with van der Waals surface area (Å²) in [5.41, 5.74) is 2.79. The number of hydrogen-bond donors (Lipinski definition) is 1. The maximum absolute atomic E-state index is 12.8. The molecular formula is C20H27N5O2. The first kappa shape index (κ1) is 18.0. The van der Waals surface area contributed by atoms with E-state index < -0.39 is 0 Å². The van der Waals surface area contributed by atoms with Crippen molar-refractivity contribution in [2.45, 2.75) is 32.6 Å². The smallest absolute Gasteiger partial charge is 0.270 e. The van der Waals surface area contributed by atoms with Crippen molar-refractivity contribution in [3.8, 4) is 0 Å². The predicted octanol–water partition coefficient (Wildman–Crippen LogP) is 2.28. The van der Waals surface area contributed by atoms with Crippen molar-refractivity contribution in [1.82, 2.24) is 19.9 Å². The largest absolute Gasteiger partial charge is 0.378 e. The van der Waals surface area contributed by atoms with E-state index in [4.69, 9.17) is 9.72 Å². The molecule has 0 aromatic carbocycles. The molecule has 2 aromatic heterocycles. The second kappa shape index (κ2) is 7.68. The van der Waals surface area contributed by atoms with Crippen LogP contribution in [0.1, 0.15) is 46.3 Å². The highest BCUT2D eigenvalue weighted by Crippen LogP contribution is 2.28. The van der Waals surface area contributed by atoms with E-state index in [0.29, 0.717) is 12.2 Å². The van der Waals surface area contributed by atoms with Crippen LogP contribution in [0.25, 0.3) is 0 Å². The summed E-state index contributed by atoms with van der Waals surface area (Å²) in [7, 11) is 0. The first-order valence-electron chi connectivity index (χ1n) is 9.73. The van der Waals surface area contributed by atoms with Gasteiger partial charge in [0.15, 0.2) is 0 Å². The third-order valence-electron chi connectivity index (χ3n) is 5.36. The highest BCUT2D eigenvalue weighted by molar-refractivity contribution is 5.92. The van der Waals surface area contributed by atoms with Gasteiger partial charge in [-0.3, -0.25) is 4.79 Å². The minimum absolute atomic E-state index is 0.0759. The zero-order chi connectivity index (χ0) is 18.8. The maximum atomic E-state index is 12.8. The average Bonchev–Trinajstić information content (AvgIpc) is 3.14. The van der Waals surface area contributed by atoms with Gasteiger partial charge in [-0.05, 0) is 38.3 Å². The number of piperidine rings is 1. The summed E-state index contributed by atoms with van der Waals surface area (Å²) in [5, 5.41) is 0. The van der Waals surface area contributed by atoms with Gasteiger partial charge in [0, 0.05) is 44.4 Å². The number of aromatic nitrogens is 3. The summed E-state index contributed by atoms with van der Waals surface area (Å²) < 4.78 is 5.45. The summed E-state index contributed by atoms with van der Waals surface area (Å²) in [4.78, 5) is 29.4. The number of likely N-dealkylation sites (tertiary alicyclic amines) is 1. The number of amides is 1. The summed E-state index contributed by atoms with van der Waals surface area (Å²) in [6.45, 7) is 8.63. The van der Waals surface area contributed by atoms with Gasteiger partial charge in [-0.2, -0.15) is 0 Å². The van der Waals surface area contributed by atoms with Crippen LogP contribution in [0.5, 0.6) is 0 Å². The lowest BCUT2D eigenvalue weighted by molar-refractivity contribution is 0.0700. The number of nitrogens with zero attached hydrogens (tertiary/aromatic N) is 4. The van der Waals surface area contributed by atoms with E-state index in [1.165, 1.54) is 0 Å². The third-order valence-corrected chi connectivity index (χ3v) is 5.36. The number of aromatic amines is 1. The second-order valence-corrected chi connectivity index (χ2v) is 7.48. The Morgan fingerprint density at radius 1 is 1.19 bits per heavy atom. The first-order chi connectivity index (χ1) is 13.1. The number of morpholine rings is 1. The molecule has 0 unspecified atom stereocenters. The molecule has 0 aliphatic carbocycles. The zero-order valence-corrected chi connectivity index (χ0v) is 16.1. The van der Waals surface area contributed by atoms with Crippen molar-refractivity contribution in [3.63, 3.8) is 0 Å². The standard InChI is InChI=1S/C20H27N5O2/c1-14-10-18(21-12-14)20(26)25-5-3-4-16(13-25)17-11-19(23-15(2)22-17)24-6-8-27-9-7-24/h10-12,16,21H,3-9,13H2,1-2H3/t16-/m0/s1. The monoisotopic (exact) mass is 369 g/mol. The van der Waals surface area contributed by atoms with Gasteiger partial charge in [0.25, 0.3) is 5.91 Å². The number of anilines is 1. The quantitative estimate of drug-likeness (QED) is 0.898. The molecule has 4 heterocycles. The summed E-state index contributed by atoms with van der Waals surface area (Å²) in [6, 6.07) is 4.02. The van der Waals surface area contributed by atoms with Gasteiger partial charge < -0.3 is 19.5 Å². The molecule has 1 atom stereocenters. The molecule has 2 aliphatic rings. The Kier molecular flexibility index (Phi) is 5.11. The summed E-state index contributed by atoms with van der Waals surface area (Å²) in [5.74, 6) is 2.09. The molecule has 1 amide bonds. The van der Waals surface area contributed by atoms with Gasteiger partial charge in [0.2, 0.25) is 0 Å². The number of carbonyl (C=O) groups excluding carboxylic acids is 1. The van der Waals surface area contributed by atoms with Crippen molar-refractivity contribution >= 4 is 11.7 Å². The van der Waals surface area contributed by atoms with Crippen LogP contribution < -0.4 is 4.90 Å². The van der Waals surface area contributed by atoms with Crippen molar-refractivity contribution in [1.29, 1.82) is 0 Å². The van der Waals surface area contributed by atoms with Gasteiger partial charge >= 0.3 is 0 Å². The van der Waals surface area contributed by atoms with E-state index in [2.05, 4.69) is 20.9 Å². The molecule has 0 saturated carbocycles. The van der Waals surface area contributed by atoms with Crippen molar-refractivity contribution < 1.29 is 9.53 Å². The van der Waals surface area contributed by atoms with Gasteiger partial charge in [-0.1, -0.05) is 0 Å². The van der Waals surface area contributed by atoms with Gasteiger partial charge in [0.05, 0.1) is 18.9 Å². The van der Waals surface area contributed by atoms with Crippen molar-refractivity contribution in [2.75, 3.05) is 44.3 Å². The van der Waals surface area contributed by atoms with Crippen LogP contribution in [0, 0.1) is 13.8 Å². The predicted molar refractivity (Wildman–Crippen MR) is 103 cm³/mol. The topological polar surface area (TPSA) is 74.4 Å². The second-order valence-electron chi connectivity index (χ2n) is 7.48. The molecule has 2 aromatic rings. The number of nitrogens with one attached hydrogen (secondary N) is 1. The highest BCUT2D eigenvalue weighted by Gasteiger charge is 2.28. The van der Waals surface area contributed by atoms with Gasteiger partial charge in [-0.25, -0.2) is 9.97 Å². The molecule has 0 radical (unpaired) electrons. The molecule has 2 saturated heterocycles. The Bertz CT molecular complexity index is 812. The Morgan fingerprint density at radius 2 is 2.00 bits per heavy atom. The number of H-pyrrole nitrogens is 1. The van der Waals surface area contributed by atoms with Crippen LogP contribution in [-0.2, 0) is 4.74 Å². The van der Waals surface area contributed by atoms with E-state index in [-0.39, 0.29) is 11.8 Å². The SMILES string of the molecule is Cc1c[nH]c(C(=O)N2CCC[C@H](c3cc(N4CCOCC4)nc(C)n3)C2)c1. The lowest BCUT2D eigenvalue weighted by Gasteiger charge is -2.33. The molecule has 1 N–H and O–H groups in total. The fraction of sp³-hybridized carbons (Fsp3) is 0.550. The Morgan fingerprint density at radius 3 is 2.74 bits per heavy atom. The fourth-order valence-electron chi connectivity index (χ4n) is 3.94. The van der Waals surface area contributed by atoms with E-state index in [1.54, 1.807) is 0 Å². The minimum Gasteiger partial charge on any atom is -0.378 e. The van der Waals surface area contributed by atoms with Crippen LogP contribution in [0.4, 0.5) is 5.82 Å². The third kappa shape index (κ3) is 3.98. The molecule has 4 rings (SSSR count). The number of carbonyl (C=O) groups is 1. The Labute approximate surface area is 159 Å². The van der Waals surface area contributed by atoms with Gasteiger partial charge in [-0.15, -0.1) is 0 Å². The average molecular weight is 369 g/mol. The lowest BCUT2D eigenvalue weighted by atomic mass is 9.94. The highest BCUT2D eigenvalue weighted by atomic mass is 16.5. The minimum atomic E-state index is 0.0759. The van der Waals surface area contributed by atoms with Crippen LogP contribution in [0.3, 0.4) is 0 Å². The molecule has 2 aliphatic heterocycles. The molecule has 0 spiro atoms.